The first-order chi connectivity index (χ1) is 13.8. The quantitative estimate of drug-likeness (QED) is 0.347. The van der Waals surface area contributed by atoms with Gasteiger partial charge in [-0.15, -0.1) is 0 Å². The number of aliphatic hydroxyl groups excluding tert-OH is 1. The summed E-state index contributed by atoms with van der Waals surface area (Å²) in [4.78, 5) is 39.4. The molecule has 0 bridgehead atoms. The van der Waals surface area contributed by atoms with Crippen molar-refractivity contribution in [2.75, 3.05) is 31.6 Å². The van der Waals surface area contributed by atoms with E-state index >= 15 is 0 Å². The highest BCUT2D eigenvalue weighted by Gasteiger charge is 2.16. The molecule has 0 aliphatic carbocycles. The van der Waals surface area contributed by atoms with Crippen LogP contribution in [0, 0.1) is 12.8 Å². The molecule has 0 radical (unpaired) electrons. The molecule has 0 saturated heterocycles. The first-order valence-corrected chi connectivity index (χ1v) is 9.34. The number of anilines is 1. The summed E-state index contributed by atoms with van der Waals surface area (Å²) in [5.74, 6) is -1.06. The van der Waals surface area contributed by atoms with Crippen molar-refractivity contribution in [2.45, 2.75) is 26.3 Å². The number of carbonyl (C=O) groups excluding carboxylic acids is 2. The van der Waals surface area contributed by atoms with Crippen molar-refractivity contribution in [3.05, 3.63) is 29.3 Å². The Morgan fingerprint density at radius 2 is 2.07 bits per heavy atom. The summed E-state index contributed by atoms with van der Waals surface area (Å²) in [5.41, 5.74) is 1.92. The third kappa shape index (κ3) is 7.41. The first-order valence-electron chi connectivity index (χ1n) is 9.34. The lowest BCUT2D eigenvalue weighted by molar-refractivity contribution is -0.138. The Morgan fingerprint density at radius 1 is 1.31 bits per heavy atom. The molecular formula is C19H27N5O5. The summed E-state index contributed by atoms with van der Waals surface area (Å²) in [6, 6.07) is 4.32. The maximum absolute atomic E-state index is 12.4. The topological polar surface area (TPSA) is 152 Å². The molecule has 0 saturated carbocycles. The maximum atomic E-state index is 12.4. The number of carboxylic acid groups (broad SMARTS) is 1. The number of aliphatic carboxylic acids is 1. The molecule has 1 unspecified atom stereocenters. The van der Waals surface area contributed by atoms with Gasteiger partial charge in [-0.3, -0.25) is 19.4 Å². The Morgan fingerprint density at radius 3 is 2.69 bits per heavy atom. The standard InChI is InChI=1S/C19H27N5O5/c1-11-3-13(5-14(4-11)24-19-21-7-12(2)8-22-19)18(29)20-9-16(26)23-15(10-25)6-17(27)28/h3-5,12,15,25H,6-10H2,1-2H3,(H,20,29)(H,23,26)(H,27,28)(H2,21,22,24)/t15-/m0/s1. The van der Waals surface area contributed by atoms with Crippen LogP contribution in [0.4, 0.5) is 5.69 Å². The van der Waals surface area contributed by atoms with Crippen molar-refractivity contribution >= 4 is 29.4 Å². The molecule has 10 nitrogen and oxygen atoms in total. The van der Waals surface area contributed by atoms with Gasteiger partial charge in [0.15, 0.2) is 5.96 Å². The van der Waals surface area contributed by atoms with Gasteiger partial charge in [0.2, 0.25) is 5.91 Å². The minimum atomic E-state index is -1.14. The molecule has 1 aliphatic heterocycles. The molecule has 10 heteroatoms. The van der Waals surface area contributed by atoms with Gasteiger partial charge < -0.3 is 31.5 Å². The predicted octanol–water partition coefficient (Wildman–Crippen LogP) is -0.316. The van der Waals surface area contributed by atoms with Crippen LogP contribution in [0.1, 0.15) is 29.3 Å². The van der Waals surface area contributed by atoms with Gasteiger partial charge in [0.25, 0.3) is 5.91 Å². The molecule has 2 rings (SSSR count). The lowest BCUT2D eigenvalue weighted by Crippen LogP contribution is -2.44. The number of hydrogen-bond acceptors (Lipinski definition) is 7. The molecule has 29 heavy (non-hydrogen) atoms. The molecule has 158 valence electrons. The number of rotatable bonds is 8. The summed E-state index contributed by atoms with van der Waals surface area (Å²) in [6.45, 7) is 4.65. The van der Waals surface area contributed by atoms with Crippen molar-refractivity contribution in [1.82, 2.24) is 16.0 Å². The molecule has 0 aromatic heterocycles. The normalized spacial score (nSPS) is 16.8. The largest absolute Gasteiger partial charge is 0.481 e. The van der Waals surface area contributed by atoms with Crippen molar-refractivity contribution in [1.29, 1.82) is 0 Å². The molecule has 1 aromatic carbocycles. The van der Waals surface area contributed by atoms with Gasteiger partial charge in [0.1, 0.15) is 0 Å². The number of amides is 2. The first kappa shape index (κ1) is 22.2. The minimum absolute atomic E-state index is 0.336. The third-order valence-electron chi connectivity index (χ3n) is 4.20. The second kappa shape index (κ2) is 10.4. The Balaban J connectivity index is 1.94. The van der Waals surface area contributed by atoms with Crippen LogP contribution < -0.4 is 21.3 Å². The van der Waals surface area contributed by atoms with E-state index in [2.05, 4.69) is 33.2 Å². The van der Waals surface area contributed by atoms with E-state index in [1.54, 1.807) is 12.1 Å². The lowest BCUT2D eigenvalue weighted by Gasteiger charge is -2.21. The Labute approximate surface area is 168 Å². The fourth-order valence-corrected chi connectivity index (χ4v) is 2.76. The van der Waals surface area contributed by atoms with Crippen LogP contribution in [0.2, 0.25) is 0 Å². The number of benzene rings is 1. The van der Waals surface area contributed by atoms with Gasteiger partial charge in [-0.2, -0.15) is 0 Å². The van der Waals surface area contributed by atoms with Crippen molar-refractivity contribution < 1.29 is 24.6 Å². The van der Waals surface area contributed by atoms with Crippen LogP contribution in [0.3, 0.4) is 0 Å². The molecule has 0 fully saturated rings. The van der Waals surface area contributed by atoms with E-state index in [0.29, 0.717) is 23.1 Å². The highest BCUT2D eigenvalue weighted by atomic mass is 16.4. The van der Waals surface area contributed by atoms with E-state index in [1.165, 1.54) is 0 Å². The van der Waals surface area contributed by atoms with Crippen LogP contribution in [-0.4, -0.2) is 66.2 Å². The van der Waals surface area contributed by atoms with E-state index in [1.807, 2.05) is 13.0 Å². The Kier molecular flexibility index (Phi) is 7.96. The van der Waals surface area contributed by atoms with E-state index in [-0.39, 0.29) is 6.54 Å². The molecule has 2 atom stereocenters. The number of guanidine groups is 1. The highest BCUT2D eigenvalue weighted by Crippen LogP contribution is 2.15. The molecular weight excluding hydrogens is 378 g/mol. The van der Waals surface area contributed by atoms with Crippen LogP contribution >= 0.6 is 0 Å². The number of aryl methyl sites for hydroxylation is 1. The summed E-state index contributed by atoms with van der Waals surface area (Å²) in [7, 11) is 0. The number of aliphatic hydroxyl groups is 1. The van der Waals surface area contributed by atoms with Gasteiger partial charge in [-0.1, -0.05) is 6.92 Å². The van der Waals surface area contributed by atoms with Gasteiger partial charge >= 0.3 is 5.97 Å². The number of aliphatic imine (C=N–C) groups is 1. The van der Waals surface area contributed by atoms with Gasteiger partial charge in [-0.05, 0) is 36.6 Å². The molecule has 0 spiro atoms. The van der Waals surface area contributed by atoms with Gasteiger partial charge in [-0.25, -0.2) is 0 Å². The average Bonchev–Trinajstić information content (AvgIpc) is 2.66. The number of carbonyl (C=O) groups is 3. The second-order valence-electron chi connectivity index (χ2n) is 7.12. The van der Waals surface area contributed by atoms with Gasteiger partial charge in [0.05, 0.1) is 25.6 Å². The van der Waals surface area contributed by atoms with Crippen LogP contribution in [0.25, 0.3) is 0 Å². The summed E-state index contributed by atoms with van der Waals surface area (Å²) < 4.78 is 0. The van der Waals surface area contributed by atoms with Crippen molar-refractivity contribution in [3.63, 3.8) is 0 Å². The zero-order chi connectivity index (χ0) is 21.4. The zero-order valence-electron chi connectivity index (χ0n) is 16.5. The van der Waals surface area contributed by atoms with E-state index in [4.69, 9.17) is 10.2 Å². The summed E-state index contributed by atoms with van der Waals surface area (Å²) >= 11 is 0. The predicted molar refractivity (Wildman–Crippen MR) is 108 cm³/mol. The fourth-order valence-electron chi connectivity index (χ4n) is 2.76. The summed E-state index contributed by atoms with van der Waals surface area (Å²) in [5, 5.41) is 29.0. The third-order valence-corrected chi connectivity index (χ3v) is 4.20. The number of hydrogen-bond donors (Lipinski definition) is 6. The lowest BCUT2D eigenvalue weighted by atomic mass is 10.1. The smallest absolute Gasteiger partial charge is 0.305 e. The maximum Gasteiger partial charge on any atom is 0.305 e. The van der Waals surface area contributed by atoms with Crippen LogP contribution in [0.15, 0.2) is 23.2 Å². The Hall–Kier alpha value is -3.14. The fraction of sp³-hybridized carbons (Fsp3) is 0.474. The van der Waals surface area contributed by atoms with Crippen molar-refractivity contribution in [2.24, 2.45) is 10.9 Å². The van der Waals surface area contributed by atoms with Crippen LogP contribution in [-0.2, 0) is 9.59 Å². The molecule has 6 N–H and O–H groups in total. The minimum Gasteiger partial charge on any atom is -0.481 e. The number of nitrogens with zero attached hydrogens (tertiary/aromatic N) is 1. The summed E-state index contributed by atoms with van der Waals surface area (Å²) in [6.07, 6.45) is -0.403. The molecule has 2 amide bonds. The zero-order valence-corrected chi connectivity index (χ0v) is 16.5. The average molecular weight is 405 g/mol. The van der Waals surface area contributed by atoms with Crippen molar-refractivity contribution in [3.8, 4) is 0 Å². The second-order valence-corrected chi connectivity index (χ2v) is 7.12. The molecule has 1 aromatic rings. The van der Waals surface area contributed by atoms with E-state index < -0.39 is 36.9 Å². The van der Waals surface area contributed by atoms with E-state index in [0.717, 1.165) is 18.7 Å². The SMILES string of the molecule is Cc1cc(NC2=NCC(C)CN2)cc(C(=O)NCC(=O)N[C@H](CO)CC(=O)O)c1. The Bertz CT molecular complexity index is 795. The molecule has 1 aliphatic rings. The van der Waals surface area contributed by atoms with Crippen LogP contribution in [0.5, 0.6) is 0 Å². The number of carboxylic acids is 1. The highest BCUT2D eigenvalue weighted by molar-refractivity contribution is 5.99. The molecule has 1 heterocycles. The number of nitrogens with one attached hydrogen (secondary N) is 4. The monoisotopic (exact) mass is 405 g/mol. The van der Waals surface area contributed by atoms with E-state index in [9.17, 15) is 14.4 Å². The van der Waals surface area contributed by atoms with Gasteiger partial charge in [0, 0.05) is 24.3 Å².